The molecule has 28 heavy (non-hydrogen) atoms. The van der Waals surface area contributed by atoms with E-state index in [2.05, 4.69) is 26.0 Å². The number of aryl methyl sites for hydroxylation is 1. The van der Waals surface area contributed by atoms with E-state index in [1.54, 1.807) is 0 Å². The van der Waals surface area contributed by atoms with Crippen molar-refractivity contribution in [2.45, 2.75) is 60.0 Å². The number of aromatic nitrogens is 1. The van der Waals surface area contributed by atoms with Crippen LogP contribution in [-0.4, -0.2) is 17.6 Å². The van der Waals surface area contributed by atoms with Crippen molar-refractivity contribution in [2.75, 3.05) is 6.61 Å². The number of hydrogen-bond donors (Lipinski definition) is 2. The summed E-state index contributed by atoms with van der Waals surface area (Å²) in [6.45, 7) is 9.52. The molecule has 0 saturated heterocycles. The van der Waals surface area contributed by atoms with E-state index in [0.717, 1.165) is 45.6 Å². The number of nitrogens with zero attached hydrogens (tertiary/aromatic N) is 1. The lowest BCUT2D eigenvalue weighted by atomic mass is 9.88. The highest BCUT2D eigenvalue weighted by molar-refractivity contribution is 5.75. The SMILES string of the molecule is CCOC(=O)CCc1c(C)nc(CC(C)C)c(CN)c1-c1ccc(CN)cc1. The van der Waals surface area contributed by atoms with Crippen LogP contribution in [0.1, 0.15) is 55.3 Å². The fraction of sp³-hybridized carbons (Fsp3) is 0.478. The molecule has 1 heterocycles. The summed E-state index contributed by atoms with van der Waals surface area (Å²) in [5.74, 6) is 0.293. The minimum Gasteiger partial charge on any atom is -0.466 e. The monoisotopic (exact) mass is 383 g/mol. The molecule has 1 aromatic heterocycles. The summed E-state index contributed by atoms with van der Waals surface area (Å²) < 4.78 is 5.11. The number of esters is 1. The largest absolute Gasteiger partial charge is 0.466 e. The van der Waals surface area contributed by atoms with E-state index < -0.39 is 0 Å². The van der Waals surface area contributed by atoms with Crippen molar-refractivity contribution in [3.63, 3.8) is 0 Å². The lowest BCUT2D eigenvalue weighted by Crippen LogP contribution is -2.14. The van der Waals surface area contributed by atoms with Crippen molar-refractivity contribution in [1.82, 2.24) is 4.98 Å². The molecule has 5 heteroatoms. The number of carbonyl (C=O) groups is 1. The second-order valence-corrected chi connectivity index (χ2v) is 7.48. The Morgan fingerprint density at radius 1 is 1.11 bits per heavy atom. The molecule has 0 saturated carbocycles. The smallest absolute Gasteiger partial charge is 0.306 e. The Kier molecular flexibility index (Phi) is 8.15. The molecular formula is C23H33N3O2. The van der Waals surface area contributed by atoms with Crippen LogP contribution in [-0.2, 0) is 35.5 Å². The van der Waals surface area contributed by atoms with Crippen molar-refractivity contribution in [2.24, 2.45) is 17.4 Å². The summed E-state index contributed by atoms with van der Waals surface area (Å²) in [4.78, 5) is 16.8. The van der Waals surface area contributed by atoms with E-state index in [9.17, 15) is 4.79 Å². The molecule has 0 atom stereocenters. The standard InChI is InChI=1S/C23H33N3O2/c1-5-28-22(27)11-10-19-16(4)26-21(12-15(2)3)20(14-25)23(19)18-8-6-17(13-24)7-9-18/h6-9,15H,5,10-14,24-25H2,1-4H3. The van der Waals surface area contributed by atoms with Crippen LogP contribution in [0.25, 0.3) is 11.1 Å². The van der Waals surface area contributed by atoms with Gasteiger partial charge in [-0.25, -0.2) is 0 Å². The third kappa shape index (κ3) is 5.40. The molecular weight excluding hydrogens is 350 g/mol. The van der Waals surface area contributed by atoms with Crippen molar-refractivity contribution in [3.8, 4) is 11.1 Å². The molecule has 0 spiro atoms. The third-order valence-electron chi connectivity index (χ3n) is 4.86. The maximum absolute atomic E-state index is 11.9. The highest BCUT2D eigenvalue weighted by Gasteiger charge is 2.20. The summed E-state index contributed by atoms with van der Waals surface area (Å²) in [6.07, 6.45) is 1.79. The zero-order valence-corrected chi connectivity index (χ0v) is 17.5. The Hall–Kier alpha value is -2.24. The van der Waals surface area contributed by atoms with Gasteiger partial charge in [0.1, 0.15) is 0 Å². The molecule has 152 valence electrons. The number of ether oxygens (including phenoxy) is 1. The van der Waals surface area contributed by atoms with Crippen LogP contribution in [0.15, 0.2) is 24.3 Å². The van der Waals surface area contributed by atoms with Crippen LogP contribution < -0.4 is 11.5 Å². The Balaban J connectivity index is 2.59. The van der Waals surface area contributed by atoms with Gasteiger partial charge in [0.2, 0.25) is 0 Å². The van der Waals surface area contributed by atoms with Crippen LogP contribution in [0.4, 0.5) is 0 Å². The van der Waals surface area contributed by atoms with E-state index in [0.29, 0.717) is 38.5 Å². The van der Waals surface area contributed by atoms with Gasteiger partial charge in [-0.15, -0.1) is 0 Å². The first-order valence-corrected chi connectivity index (χ1v) is 10.1. The van der Waals surface area contributed by atoms with Gasteiger partial charge in [-0.1, -0.05) is 38.1 Å². The average Bonchev–Trinajstić information content (AvgIpc) is 2.66. The van der Waals surface area contributed by atoms with Gasteiger partial charge in [0.25, 0.3) is 0 Å². The third-order valence-corrected chi connectivity index (χ3v) is 4.86. The number of nitrogens with two attached hydrogens (primary N) is 2. The summed E-state index contributed by atoms with van der Waals surface area (Å²) in [7, 11) is 0. The zero-order chi connectivity index (χ0) is 20.7. The van der Waals surface area contributed by atoms with Gasteiger partial charge in [-0.3, -0.25) is 9.78 Å². The summed E-state index contributed by atoms with van der Waals surface area (Å²) in [5.41, 5.74) is 19.4. The number of hydrogen-bond acceptors (Lipinski definition) is 5. The molecule has 2 aromatic rings. The lowest BCUT2D eigenvalue weighted by Gasteiger charge is -2.21. The predicted octanol–water partition coefficient (Wildman–Crippen LogP) is 3.67. The predicted molar refractivity (Wildman–Crippen MR) is 114 cm³/mol. The topological polar surface area (TPSA) is 91.2 Å². The number of rotatable bonds is 9. The lowest BCUT2D eigenvalue weighted by molar-refractivity contribution is -0.143. The minimum absolute atomic E-state index is 0.188. The van der Waals surface area contributed by atoms with Crippen LogP contribution in [0, 0.1) is 12.8 Å². The summed E-state index contributed by atoms with van der Waals surface area (Å²) in [5, 5.41) is 0. The van der Waals surface area contributed by atoms with E-state index in [-0.39, 0.29) is 5.97 Å². The summed E-state index contributed by atoms with van der Waals surface area (Å²) in [6, 6.07) is 8.26. The molecule has 0 aliphatic heterocycles. The molecule has 2 rings (SSSR count). The highest BCUT2D eigenvalue weighted by Crippen LogP contribution is 2.33. The fourth-order valence-electron chi connectivity index (χ4n) is 3.54. The summed E-state index contributed by atoms with van der Waals surface area (Å²) >= 11 is 0. The minimum atomic E-state index is -0.188. The first-order chi connectivity index (χ1) is 13.4. The van der Waals surface area contributed by atoms with Crippen molar-refractivity contribution >= 4 is 5.97 Å². The normalized spacial score (nSPS) is 11.1. The van der Waals surface area contributed by atoms with E-state index in [1.807, 2.05) is 26.0 Å². The number of benzene rings is 1. The van der Waals surface area contributed by atoms with Gasteiger partial charge in [0.05, 0.1) is 6.61 Å². The fourth-order valence-corrected chi connectivity index (χ4v) is 3.54. The van der Waals surface area contributed by atoms with Gasteiger partial charge in [-0.2, -0.15) is 0 Å². The Labute approximate surface area is 168 Å². The molecule has 0 aliphatic carbocycles. The first-order valence-electron chi connectivity index (χ1n) is 10.1. The second kappa shape index (κ2) is 10.3. The zero-order valence-electron chi connectivity index (χ0n) is 17.5. The van der Waals surface area contributed by atoms with Gasteiger partial charge in [-0.05, 0) is 60.4 Å². The molecule has 5 nitrogen and oxygen atoms in total. The van der Waals surface area contributed by atoms with Crippen molar-refractivity contribution in [1.29, 1.82) is 0 Å². The molecule has 0 unspecified atom stereocenters. The Morgan fingerprint density at radius 2 is 1.79 bits per heavy atom. The van der Waals surface area contributed by atoms with Gasteiger partial charge in [0, 0.05) is 30.9 Å². The van der Waals surface area contributed by atoms with Crippen LogP contribution in [0.2, 0.25) is 0 Å². The Bertz CT molecular complexity index is 798. The van der Waals surface area contributed by atoms with Crippen molar-refractivity contribution < 1.29 is 9.53 Å². The highest BCUT2D eigenvalue weighted by atomic mass is 16.5. The molecule has 4 N–H and O–H groups in total. The maximum Gasteiger partial charge on any atom is 0.306 e. The number of carbonyl (C=O) groups excluding carboxylic acids is 1. The van der Waals surface area contributed by atoms with Crippen LogP contribution in [0.3, 0.4) is 0 Å². The van der Waals surface area contributed by atoms with Gasteiger partial charge in [0.15, 0.2) is 0 Å². The maximum atomic E-state index is 11.9. The molecule has 0 bridgehead atoms. The molecule has 1 aromatic carbocycles. The van der Waals surface area contributed by atoms with Crippen molar-refractivity contribution in [3.05, 3.63) is 52.3 Å². The van der Waals surface area contributed by atoms with Gasteiger partial charge < -0.3 is 16.2 Å². The van der Waals surface area contributed by atoms with Crippen LogP contribution >= 0.6 is 0 Å². The molecule has 0 radical (unpaired) electrons. The quantitative estimate of drug-likeness (QED) is 0.645. The molecule has 0 aliphatic rings. The van der Waals surface area contributed by atoms with Crippen LogP contribution in [0.5, 0.6) is 0 Å². The van der Waals surface area contributed by atoms with E-state index >= 15 is 0 Å². The molecule has 0 amide bonds. The van der Waals surface area contributed by atoms with E-state index in [4.69, 9.17) is 21.2 Å². The van der Waals surface area contributed by atoms with E-state index in [1.165, 1.54) is 0 Å². The van der Waals surface area contributed by atoms with Gasteiger partial charge >= 0.3 is 5.97 Å². The number of pyridine rings is 1. The first kappa shape index (κ1) is 22.1. The molecule has 0 fully saturated rings. The second-order valence-electron chi connectivity index (χ2n) is 7.48. The Morgan fingerprint density at radius 3 is 2.32 bits per heavy atom. The average molecular weight is 384 g/mol.